The van der Waals surface area contributed by atoms with E-state index in [2.05, 4.69) is 9.44 Å². The van der Waals surface area contributed by atoms with Crippen LogP contribution in [0.25, 0.3) is 0 Å². The van der Waals surface area contributed by atoms with E-state index >= 15 is 0 Å². The molecule has 2 unspecified atom stereocenters. The first kappa shape index (κ1) is 17.3. The number of rotatable bonds is 3. The van der Waals surface area contributed by atoms with E-state index in [0.717, 1.165) is 6.08 Å². The number of hydrogen-bond acceptors (Lipinski definition) is 5. The zero-order chi connectivity index (χ0) is 16.5. The average molecular weight is 383 g/mol. The van der Waals surface area contributed by atoms with E-state index in [4.69, 9.17) is 34.8 Å². The Morgan fingerprint density at radius 2 is 1.86 bits per heavy atom. The van der Waals surface area contributed by atoms with Crippen molar-refractivity contribution < 1.29 is 17.5 Å². The average Bonchev–Trinajstić information content (AvgIpc) is 2.49. The van der Waals surface area contributed by atoms with Crippen LogP contribution in [0, 0.1) is 0 Å². The molecule has 118 valence electrons. The fourth-order valence-corrected chi connectivity index (χ4v) is 3.11. The van der Waals surface area contributed by atoms with Crippen LogP contribution in [0.3, 0.4) is 0 Å². The highest BCUT2D eigenvalue weighted by Gasteiger charge is 2.45. The Hall–Kier alpha value is -1.08. The fourth-order valence-electron chi connectivity index (χ4n) is 1.66. The third-order valence-electron chi connectivity index (χ3n) is 2.97. The Balaban J connectivity index is 2.36. The number of alkyl halides is 2. The number of allylic oxidation sites excluding steroid dienone is 2. The van der Waals surface area contributed by atoms with Gasteiger partial charge >= 0.3 is 10.1 Å². The predicted molar refractivity (Wildman–Crippen MR) is 85.0 cm³/mol. The second-order valence-corrected chi connectivity index (χ2v) is 7.77. The predicted octanol–water partition coefficient (Wildman–Crippen LogP) is 3.06. The molecule has 2 atom stereocenters. The SMILES string of the molecule is CC1(Cl)/C(=N/OS(=O)(=O)c2ccccc2)C=C(Cl)C(=O)C1Cl. The molecule has 0 N–H and O–H groups in total. The quantitative estimate of drug-likeness (QED) is 0.595. The monoisotopic (exact) mass is 381 g/mol. The summed E-state index contributed by atoms with van der Waals surface area (Å²) in [5, 5.41) is 2.14. The minimum Gasteiger partial charge on any atom is -0.291 e. The van der Waals surface area contributed by atoms with Crippen LogP contribution >= 0.6 is 34.8 Å². The van der Waals surface area contributed by atoms with Gasteiger partial charge in [0, 0.05) is 0 Å². The molecule has 1 aromatic carbocycles. The molecule has 0 heterocycles. The Morgan fingerprint density at radius 3 is 2.45 bits per heavy atom. The Bertz CT molecular complexity index is 757. The largest absolute Gasteiger partial charge is 0.358 e. The number of ketones is 1. The van der Waals surface area contributed by atoms with E-state index in [-0.39, 0.29) is 15.6 Å². The molecule has 1 aliphatic rings. The lowest BCUT2D eigenvalue weighted by Gasteiger charge is -2.29. The van der Waals surface area contributed by atoms with Gasteiger partial charge in [-0.3, -0.25) is 9.08 Å². The molecule has 0 radical (unpaired) electrons. The minimum atomic E-state index is -4.10. The van der Waals surface area contributed by atoms with E-state index < -0.39 is 26.2 Å². The summed E-state index contributed by atoms with van der Waals surface area (Å²) in [5.74, 6) is -0.564. The number of oxime groups is 1. The summed E-state index contributed by atoms with van der Waals surface area (Å²) < 4.78 is 28.6. The molecule has 9 heteroatoms. The zero-order valence-electron chi connectivity index (χ0n) is 11.2. The van der Waals surface area contributed by atoms with Crippen LogP contribution in [-0.2, 0) is 19.2 Å². The van der Waals surface area contributed by atoms with Crippen molar-refractivity contribution in [2.75, 3.05) is 0 Å². The molecule has 0 spiro atoms. The molecular weight excluding hydrogens is 373 g/mol. The van der Waals surface area contributed by atoms with Crippen LogP contribution in [-0.4, -0.2) is 30.2 Å². The molecule has 0 saturated heterocycles. The number of halogens is 3. The first-order valence-corrected chi connectivity index (χ1v) is 8.58. The number of carbonyl (C=O) groups excluding carboxylic acids is 1. The minimum absolute atomic E-state index is 0.0572. The van der Waals surface area contributed by atoms with E-state index in [0.29, 0.717) is 0 Å². The highest BCUT2D eigenvalue weighted by Crippen LogP contribution is 2.34. The van der Waals surface area contributed by atoms with E-state index in [9.17, 15) is 13.2 Å². The Morgan fingerprint density at radius 1 is 1.27 bits per heavy atom. The van der Waals surface area contributed by atoms with E-state index in [1.807, 2.05) is 0 Å². The highest BCUT2D eigenvalue weighted by atomic mass is 35.5. The third-order valence-corrected chi connectivity index (χ3v) is 5.55. The van der Waals surface area contributed by atoms with Gasteiger partial charge in [0.15, 0.2) is 5.78 Å². The summed E-state index contributed by atoms with van der Waals surface area (Å²) in [5.41, 5.74) is -0.0572. The molecule has 2 rings (SSSR count). The van der Waals surface area contributed by atoms with Gasteiger partial charge < -0.3 is 0 Å². The van der Waals surface area contributed by atoms with Gasteiger partial charge in [0.1, 0.15) is 20.9 Å². The molecule has 0 aliphatic heterocycles. The van der Waals surface area contributed by atoms with Crippen molar-refractivity contribution in [2.45, 2.75) is 22.1 Å². The summed E-state index contributed by atoms with van der Waals surface area (Å²) in [6, 6.07) is 7.45. The summed E-state index contributed by atoms with van der Waals surface area (Å²) in [6.45, 7) is 1.42. The number of benzene rings is 1. The van der Waals surface area contributed by atoms with Crippen LogP contribution in [0.4, 0.5) is 0 Å². The summed E-state index contributed by atoms with van der Waals surface area (Å²) >= 11 is 17.8. The second kappa shape index (κ2) is 6.20. The summed E-state index contributed by atoms with van der Waals surface area (Å²) in [7, 11) is -4.10. The second-order valence-electron chi connectivity index (χ2n) is 4.61. The van der Waals surface area contributed by atoms with Gasteiger partial charge in [-0.25, -0.2) is 0 Å². The lowest BCUT2D eigenvalue weighted by molar-refractivity contribution is -0.115. The van der Waals surface area contributed by atoms with Crippen molar-refractivity contribution in [1.29, 1.82) is 0 Å². The van der Waals surface area contributed by atoms with Crippen molar-refractivity contribution in [1.82, 2.24) is 0 Å². The zero-order valence-corrected chi connectivity index (χ0v) is 14.2. The van der Waals surface area contributed by atoms with Gasteiger partial charge in [0.05, 0.1) is 5.03 Å². The van der Waals surface area contributed by atoms with Crippen molar-refractivity contribution in [3.63, 3.8) is 0 Å². The molecule has 0 bridgehead atoms. The molecule has 0 fully saturated rings. The Kier molecular flexibility index (Phi) is 4.87. The first-order chi connectivity index (χ1) is 10.2. The van der Waals surface area contributed by atoms with Crippen molar-refractivity contribution in [2.24, 2.45) is 5.16 Å². The summed E-state index contributed by atoms with van der Waals surface area (Å²) in [6.07, 6.45) is 1.14. The van der Waals surface area contributed by atoms with Gasteiger partial charge in [0.2, 0.25) is 0 Å². The van der Waals surface area contributed by atoms with Gasteiger partial charge in [-0.2, -0.15) is 8.42 Å². The molecular formula is C13H10Cl3NO4S. The van der Waals surface area contributed by atoms with Crippen molar-refractivity contribution in [3.05, 3.63) is 41.4 Å². The van der Waals surface area contributed by atoms with Gasteiger partial charge in [-0.05, 0) is 25.1 Å². The molecule has 1 aromatic rings. The molecule has 1 aliphatic carbocycles. The van der Waals surface area contributed by atoms with Crippen molar-refractivity contribution >= 4 is 56.4 Å². The van der Waals surface area contributed by atoms with E-state index in [1.165, 1.54) is 19.1 Å². The van der Waals surface area contributed by atoms with Crippen LogP contribution < -0.4 is 0 Å². The molecule has 22 heavy (non-hydrogen) atoms. The van der Waals surface area contributed by atoms with Gasteiger partial charge in [0.25, 0.3) is 0 Å². The smallest absolute Gasteiger partial charge is 0.291 e. The van der Waals surface area contributed by atoms with Gasteiger partial charge in [-0.1, -0.05) is 35.0 Å². The molecule has 0 saturated carbocycles. The third kappa shape index (κ3) is 3.30. The normalized spacial score (nSPS) is 27.6. The van der Waals surface area contributed by atoms with Crippen LogP contribution in [0.15, 0.2) is 51.5 Å². The first-order valence-electron chi connectivity index (χ1n) is 5.98. The topological polar surface area (TPSA) is 72.8 Å². The highest BCUT2D eigenvalue weighted by molar-refractivity contribution is 7.86. The van der Waals surface area contributed by atoms with Crippen LogP contribution in [0.5, 0.6) is 0 Å². The van der Waals surface area contributed by atoms with Crippen LogP contribution in [0.1, 0.15) is 6.92 Å². The number of nitrogens with zero attached hydrogens (tertiary/aromatic N) is 1. The molecule has 5 nitrogen and oxygen atoms in total. The number of carbonyl (C=O) groups is 1. The Labute approximate surface area is 142 Å². The maximum Gasteiger partial charge on any atom is 0.358 e. The number of hydrogen-bond donors (Lipinski definition) is 0. The number of Topliss-reactive ketones (excluding diaryl/α,β-unsaturated/α-hetero) is 1. The maximum atomic E-state index is 12.0. The maximum absolute atomic E-state index is 12.0. The van der Waals surface area contributed by atoms with Crippen LogP contribution in [0.2, 0.25) is 0 Å². The molecule has 0 amide bonds. The standard InChI is InChI=1S/C13H10Cl3NO4S/c1-13(16)10(7-9(14)11(18)12(13)15)17-21-22(19,20)8-5-3-2-4-6-8/h2-7,12H,1H3/b17-10+. The van der Waals surface area contributed by atoms with Crippen molar-refractivity contribution in [3.8, 4) is 0 Å². The van der Waals surface area contributed by atoms with E-state index in [1.54, 1.807) is 18.2 Å². The lowest BCUT2D eigenvalue weighted by atomic mass is 9.92. The fraction of sp³-hybridized carbons (Fsp3) is 0.231. The lowest BCUT2D eigenvalue weighted by Crippen LogP contribution is -2.46. The van der Waals surface area contributed by atoms with Gasteiger partial charge in [-0.15, -0.1) is 23.2 Å². The summed E-state index contributed by atoms with van der Waals surface area (Å²) in [4.78, 5) is 10.2. The molecule has 0 aromatic heterocycles.